The van der Waals surface area contributed by atoms with E-state index in [9.17, 15) is 9.90 Å². The maximum Gasteiger partial charge on any atom is 1.00 e. The normalized spacial score (nSPS) is 9.62. The minimum absolute atomic E-state index is 0. The monoisotopic (exact) mass is 204 g/mol. The molecule has 0 heterocycles. The fourth-order valence-corrected chi connectivity index (χ4v) is 0.898. The molecule has 0 fully saturated rings. The predicted molar refractivity (Wildman–Crippen MR) is 44.9 cm³/mol. The second kappa shape index (κ2) is 6.22. The van der Waals surface area contributed by atoms with E-state index in [0.717, 1.165) is 6.08 Å². The second-order valence-corrected chi connectivity index (χ2v) is 2.61. The first-order valence-electron chi connectivity index (χ1n) is 3.32. The molecule has 0 saturated carbocycles. The van der Waals surface area contributed by atoms with Crippen LogP contribution >= 0.6 is 11.6 Å². The minimum atomic E-state index is -0.304. The number of ketones is 1. The molecular formula is C9H6ClNaO2. The molecule has 1 rings (SSSR count). The zero-order chi connectivity index (χ0) is 8.97. The van der Waals surface area contributed by atoms with E-state index in [0.29, 0.717) is 16.8 Å². The number of rotatable bonds is 2. The zero-order valence-corrected chi connectivity index (χ0v) is 9.91. The Morgan fingerprint density at radius 2 is 1.85 bits per heavy atom. The van der Waals surface area contributed by atoms with Crippen LogP contribution in [0.2, 0.25) is 5.02 Å². The molecule has 13 heavy (non-hydrogen) atoms. The van der Waals surface area contributed by atoms with Crippen LogP contribution in [0.15, 0.2) is 36.6 Å². The predicted octanol–water partition coefficient (Wildman–Crippen LogP) is -1.60. The summed E-state index contributed by atoms with van der Waals surface area (Å²) in [5.41, 5.74) is 0.464. The van der Waals surface area contributed by atoms with Crippen LogP contribution in [-0.4, -0.2) is 5.78 Å². The van der Waals surface area contributed by atoms with Crippen molar-refractivity contribution in [2.75, 3.05) is 0 Å². The minimum Gasteiger partial charge on any atom is -0.878 e. The first-order chi connectivity index (χ1) is 5.74. The van der Waals surface area contributed by atoms with Gasteiger partial charge in [-0.1, -0.05) is 11.6 Å². The van der Waals surface area contributed by atoms with E-state index in [-0.39, 0.29) is 35.3 Å². The van der Waals surface area contributed by atoms with Crippen molar-refractivity contribution >= 4 is 17.4 Å². The van der Waals surface area contributed by atoms with E-state index in [2.05, 4.69) is 0 Å². The molecule has 0 bridgehead atoms. The summed E-state index contributed by atoms with van der Waals surface area (Å²) in [4.78, 5) is 11.0. The summed E-state index contributed by atoms with van der Waals surface area (Å²) in [6.45, 7) is 0. The molecule has 0 radical (unpaired) electrons. The number of carbonyl (C=O) groups excluding carboxylic acids is 1. The van der Waals surface area contributed by atoms with Crippen LogP contribution in [0.4, 0.5) is 0 Å². The Bertz CT molecular complexity index is 306. The van der Waals surface area contributed by atoms with E-state index in [1.165, 1.54) is 0 Å². The molecule has 62 valence electrons. The van der Waals surface area contributed by atoms with Crippen molar-refractivity contribution in [3.8, 4) is 0 Å². The van der Waals surface area contributed by atoms with E-state index >= 15 is 0 Å². The summed E-state index contributed by atoms with van der Waals surface area (Å²) >= 11 is 5.60. The number of hydrogen-bond donors (Lipinski definition) is 0. The molecule has 0 amide bonds. The average molecular weight is 205 g/mol. The Kier molecular flexibility index (Phi) is 6.08. The molecule has 1 aromatic rings. The van der Waals surface area contributed by atoms with Crippen molar-refractivity contribution in [2.24, 2.45) is 0 Å². The fourth-order valence-electron chi connectivity index (χ4n) is 0.772. The molecule has 0 unspecified atom stereocenters. The van der Waals surface area contributed by atoms with Gasteiger partial charge >= 0.3 is 29.6 Å². The second-order valence-electron chi connectivity index (χ2n) is 2.17. The summed E-state index contributed by atoms with van der Waals surface area (Å²) in [5.74, 6) is -0.304. The Labute approximate surface area is 104 Å². The van der Waals surface area contributed by atoms with Gasteiger partial charge in [-0.05, 0) is 30.3 Å². The molecule has 0 aromatic heterocycles. The smallest absolute Gasteiger partial charge is 0.878 e. The van der Waals surface area contributed by atoms with Crippen molar-refractivity contribution in [1.82, 2.24) is 0 Å². The quantitative estimate of drug-likeness (QED) is 0.252. The van der Waals surface area contributed by atoms with Crippen molar-refractivity contribution in [3.63, 3.8) is 0 Å². The first-order valence-corrected chi connectivity index (χ1v) is 3.70. The molecule has 0 N–H and O–H groups in total. The third-order valence-corrected chi connectivity index (χ3v) is 1.60. The molecule has 0 aliphatic carbocycles. The van der Waals surface area contributed by atoms with Crippen molar-refractivity contribution < 1.29 is 39.5 Å². The van der Waals surface area contributed by atoms with Gasteiger partial charge in [0.15, 0.2) is 5.78 Å². The third-order valence-electron chi connectivity index (χ3n) is 1.35. The van der Waals surface area contributed by atoms with Crippen molar-refractivity contribution in [1.29, 1.82) is 0 Å². The van der Waals surface area contributed by atoms with E-state index in [4.69, 9.17) is 11.6 Å². The van der Waals surface area contributed by atoms with Gasteiger partial charge in [0.2, 0.25) is 0 Å². The summed E-state index contributed by atoms with van der Waals surface area (Å²) in [7, 11) is 0. The Morgan fingerprint density at radius 1 is 1.31 bits per heavy atom. The molecule has 4 heteroatoms. The summed E-state index contributed by atoms with van der Waals surface area (Å²) < 4.78 is 0. The van der Waals surface area contributed by atoms with Gasteiger partial charge in [-0.25, -0.2) is 0 Å². The zero-order valence-electron chi connectivity index (χ0n) is 7.16. The molecule has 0 aliphatic heterocycles. The molecule has 0 aliphatic rings. The molecule has 0 atom stereocenters. The topological polar surface area (TPSA) is 40.1 Å². The number of halogens is 1. The maximum atomic E-state index is 11.0. The number of benzene rings is 1. The SMILES string of the molecule is O=C(/C=C\[O-])c1ccc(Cl)cc1.[Na+]. The van der Waals surface area contributed by atoms with E-state index < -0.39 is 0 Å². The van der Waals surface area contributed by atoms with Gasteiger partial charge in [0, 0.05) is 10.6 Å². The van der Waals surface area contributed by atoms with Crippen LogP contribution in [-0.2, 0) is 0 Å². The molecule has 0 spiro atoms. The van der Waals surface area contributed by atoms with Gasteiger partial charge in [-0.15, -0.1) is 6.26 Å². The average Bonchev–Trinajstić information content (AvgIpc) is 2.06. The maximum absolute atomic E-state index is 11.0. The number of hydrogen-bond acceptors (Lipinski definition) is 2. The third kappa shape index (κ3) is 3.96. The van der Waals surface area contributed by atoms with Crippen LogP contribution in [0.25, 0.3) is 0 Å². The van der Waals surface area contributed by atoms with Gasteiger partial charge in [-0.2, -0.15) is 0 Å². The Hall–Kier alpha value is -0.280. The van der Waals surface area contributed by atoms with E-state index in [1.54, 1.807) is 24.3 Å². The van der Waals surface area contributed by atoms with Gasteiger partial charge in [-0.3, -0.25) is 4.79 Å². The van der Waals surface area contributed by atoms with Crippen LogP contribution in [0, 0.1) is 0 Å². The standard InChI is InChI=1S/C9H7ClO2.Na/c10-8-3-1-7(2-4-8)9(12)5-6-11;/h1-6,11H;/q;+1/p-1/b6-5-;. The Morgan fingerprint density at radius 3 is 2.31 bits per heavy atom. The van der Waals surface area contributed by atoms with Crippen LogP contribution < -0.4 is 34.7 Å². The van der Waals surface area contributed by atoms with Gasteiger partial charge in [0.05, 0.1) is 0 Å². The van der Waals surface area contributed by atoms with Crippen LogP contribution in [0.1, 0.15) is 10.4 Å². The van der Waals surface area contributed by atoms with Gasteiger partial charge in [0.1, 0.15) is 0 Å². The molecule has 0 saturated heterocycles. The number of carbonyl (C=O) groups is 1. The van der Waals surface area contributed by atoms with Gasteiger partial charge in [0.25, 0.3) is 0 Å². The largest absolute Gasteiger partial charge is 1.00 e. The summed E-state index contributed by atoms with van der Waals surface area (Å²) in [6, 6.07) is 6.36. The van der Waals surface area contributed by atoms with Gasteiger partial charge < -0.3 is 5.11 Å². The summed E-state index contributed by atoms with van der Waals surface area (Å²) in [6.07, 6.45) is 1.44. The molecule has 1 aromatic carbocycles. The fraction of sp³-hybridized carbons (Fsp3) is 0. The van der Waals surface area contributed by atoms with Crippen LogP contribution in [0.3, 0.4) is 0 Å². The van der Waals surface area contributed by atoms with E-state index in [1.807, 2.05) is 0 Å². The van der Waals surface area contributed by atoms with Crippen LogP contribution in [0.5, 0.6) is 0 Å². The molecular weight excluding hydrogens is 199 g/mol. The Balaban J connectivity index is 0.00000144. The van der Waals surface area contributed by atoms with Crippen molar-refractivity contribution in [3.05, 3.63) is 47.2 Å². The first kappa shape index (κ1) is 12.7. The summed E-state index contributed by atoms with van der Waals surface area (Å²) in [5, 5.41) is 10.5. The van der Waals surface area contributed by atoms with Crippen molar-refractivity contribution in [2.45, 2.75) is 0 Å². The molecule has 2 nitrogen and oxygen atoms in total. The number of allylic oxidation sites excluding steroid dienone is 1.